The Bertz CT molecular complexity index is 373. The number of hydrogen-bond acceptors (Lipinski definition) is 4. The van der Waals surface area contributed by atoms with E-state index in [1.807, 2.05) is 0 Å². The normalized spacial score (nSPS) is 24.9. The fourth-order valence-electron chi connectivity index (χ4n) is 2.22. The number of nitrogens with zero attached hydrogens (tertiary/aromatic N) is 2. The second kappa shape index (κ2) is 5.65. The molecule has 0 amide bonds. The molecule has 0 aromatic carbocycles. The lowest BCUT2D eigenvalue weighted by Gasteiger charge is -2.35. The number of aromatic nitrogens is 2. The van der Waals surface area contributed by atoms with Gasteiger partial charge in [-0.05, 0) is 18.8 Å². The Labute approximate surface area is 107 Å². The van der Waals surface area contributed by atoms with Crippen molar-refractivity contribution in [3.05, 3.63) is 17.5 Å². The van der Waals surface area contributed by atoms with Gasteiger partial charge in [0.05, 0.1) is 12.1 Å². The van der Waals surface area contributed by atoms with Gasteiger partial charge in [-0.15, -0.1) is 0 Å². The second-order valence-corrected chi connectivity index (χ2v) is 5.09. The van der Waals surface area contributed by atoms with Gasteiger partial charge in [-0.3, -0.25) is 0 Å². The maximum Gasteiger partial charge on any atom is 0.134 e. The maximum atomic E-state index is 5.84. The summed E-state index contributed by atoms with van der Waals surface area (Å²) in [7, 11) is 0. The molecule has 2 heterocycles. The molecule has 0 radical (unpaired) electrons. The molecule has 2 atom stereocenters. The predicted octanol–water partition coefficient (Wildman–Crippen LogP) is 2.75. The first kappa shape index (κ1) is 12.6. The van der Waals surface area contributed by atoms with Gasteiger partial charge in [0.1, 0.15) is 17.3 Å². The molecule has 1 aliphatic heterocycles. The number of nitrogens with one attached hydrogen (secondary N) is 1. The lowest BCUT2D eigenvalue weighted by atomic mass is 9.94. The molecule has 2 rings (SSSR count). The predicted molar refractivity (Wildman–Crippen MR) is 68.3 cm³/mol. The molecule has 0 bridgehead atoms. The third-order valence-corrected chi connectivity index (χ3v) is 3.20. The van der Waals surface area contributed by atoms with Crippen molar-refractivity contribution in [1.82, 2.24) is 9.97 Å². The fraction of sp³-hybridized carbons (Fsp3) is 0.667. The molecular weight excluding hydrogens is 238 g/mol. The third-order valence-electron chi connectivity index (χ3n) is 2.99. The average molecular weight is 256 g/mol. The third kappa shape index (κ3) is 3.30. The van der Waals surface area contributed by atoms with E-state index in [1.165, 1.54) is 6.33 Å². The molecule has 1 aromatic heterocycles. The topological polar surface area (TPSA) is 47.0 Å². The Morgan fingerprint density at radius 1 is 1.47 bits per heavy atom. The van der Waals surface area contributed by atoms with E-state index in [0.717, 1.165) is 25.3 Å². The largest absolute Gasteiger partial charge is 0.376 e. The molecule has 17 heavy (non-hydrogen) atoms. The van der Waals surface area contributed by atoms with Crippen LogP contribution in [-0.2, 0) is 4.74 Å². The van der Waals surface area contributed by atoms with Crippen LogP contribution in [-0.4, -0.2) is 28.7 Å². The second-order valence-electron chi connectivity index (χ2n) is 4.70. The van der Waals surface area contributed by atoms with E-state index in [1.54, 1.807) is 6.07 Å². The Morgan fingerprint density at radius 3 is 3.00 bits per heavy atom. The molecule has 0 saturated carbocycles. The lowest BCUT2D eigenvalue weighted by Crippen LogP contribution is -2.43. The number of ether oxygens (including phenoxy) is 1. The Kier molecular flexibility index (Phi) is 4.18. The zero-order valence-corrected chi connectivity index (χ0v) is 10.9. The van der Waals surface area contributed by atoms with Crippen LogP contribution in [0.25, 0.3) is 0 Å². The van der Waals surface area contributed by atoms with Crippen LogP contribution in [0.15, 0.2) is 12.4 Å². The Morgan fingerprint density at radius 2 is 2.29 bits per heavy atom. The SMILES string of the molecule is CC(C)C1OCCCC1Nc1cc(Cl)ncn1. The highest BCUT2D eigenvalue weighted by Gasteiger charge is 2.28. The van der Waals surface area contributed by atoms with Crippen LogP contribution in [0, 0.1) is 5.92 Å². The van der Waals surface area contributed by atoms with Gasteiger partial charge in [-0.25, -0.2) is 9.97 Å². The van der Waals surface area contributed by atoms with Gasteiger partial charge in [-0.1, -0.05) is 25.4 Å². The van der Waals surface area contributed by atoms with Gasteiger partial charge in [-0.2, -0.15) is 0 Å². The van der Waals surface area contributed by atoms with Crippen molar-refractivity contribution < 1.29 is 4.74 Å². The van der Waals surface area contributed by atoms with E-state index >= 15 is 0 Å². The van der Waals surface area contributed by atoms with E-state index in [9.17, 15) is 0 Å². The number of hydrogen-bond donors (Lipinski definition) is 1. The zero-order chi connectivity index (χ0) is 12.3. The van der Waals surface area contributed by atoms with Gasteiger partial charge < -0.3 is 10.1 Å². The average Bonchev–Trinajstić information content (AvgIpc) is 2.29. The summed E-state index contributed by atoms with van der Waals surface area (Å²) >= 11 is 5.84. The first-order valence-electron chi connectivity index (χ1n) is 6.02. The Balaban J connectivity index is 2.05. The summed E-state index contributed by atoms with van der Waals surface area (Å²) in [5.74, 6) is 1.26. The van der Waals surface area contributed by atoms with Gasteiger partial charge in [0.25, 0.3) is 0 Å². The number of rotatable bonds is 3. The smallest absolute Gasteiger partial charge is 0.134 e. The van der Waals surface area contributed by atoms with Crippen molar-refractivity contribution in [1.29, 1.82) is 0 Å². The summed E-state index contributed by atoms with van der Waals surface area (Å²) < 4.78 is 5.82. The van der Waals surface area contributed by atoms with Crippen LogP contribution in [0.1, 0.15) is 26.7 Å². The molecule has 2 unspecified atom stereocenters. The molecule has 1 saturated heterocycles. The van der Waals surface area contributed by atoms with Gasteiger partial charge in [0, 0.05) is 12.7 Å². The summed E-state index contributed by atoms with van der Waals surface area (Å²) in [6.45, 7) is 5.21. The monoisotopic (exact) mass is 255 g/mol. The van der Waals surface area contributed by atoms with Gasteiger partial charge >= 0.3 is 0 Å². The maximum absolute atomic E-state index is 5.84. The van der Waals surface area contributed by atoms with Crippen molar-refractivity contribution in [2.75, 3.05) is 11.9 Å². The highest BCUT2D eigenvalue weighted by atomic mass is 35.5. The van der Waals surface area contributed by atoms with Crippen LogP contribution >= 0.6 is 11.6 Å². The molecular formula is C12H18ClN3O. The van der Waals surface area contributed by atoms with Crippen molar-refractivity contribution in [3.63, 3.8) is 0 Å². The molecule has 1 aromatic rings. The first-order valence-corrected chi connectivity index (χ1v) is 6.40. The van der Waals surface area contributed by atoms with Crippen molar-refractivity contribution in [3.8, 4) is 0 Å². The van der Waals surface area contributed by atoms with Crippen LogP contribution in [0.2, 0.25) is 5.15 Å². The summed E-state index contributed by atoms with van der Waals surface area (Å²) in [4.78, 5) is 8.04. The highest BCUT2D eigenvalue weighted by molar-refractivity contribution is 6.29. The van der Waals surface area contributed by atoms with Gasteiger partial charge in [0.15, 0.2) is 0 Å². The minimum Gasteiger partial charge on any atom is -0.376 e. The molecule has 0 spiro atoms. The molecule has 1 fully saturated rings. The van der Waals surface area contributed by atoms with E-state index in [-0.39, 0.29) is 6.10 Å². The van der Waals surface area contributed by atoms with E-state index < -0.39 is 0 Å². The Hall–Kier alpha value is -0.870. The molecule has 94 valence electrons. The van der Waals surface area contributed by atoms with Crippen LogP contribution in [0.5, 0.6) is 0 Å². The quantitative estimate of drug-likeness (QED) is 0.844. The van der Waals surface area contributed by atoms with E-state index in [0.29, 0.717) is 17.1 Å². The molecule has 4 nitrogen and oxygen atoms in total. The minimum absolute atomic E-state index is 0.234. The first-order chi connectivity index (χ1) is 8.16. The van der Waals surface area contributed by atoms with Gasteiger partial charge in [0.2, 0.25) is 0 Å². The summed E-state index contributed by atoms with van der Waals surface area (Å²) in [5.41, 5.74) is 0. The van der Waals surface area contributed by atoms with Crippen LogP contribution in [0.3, 0.4) is 0 Å². The zero-order valence-electron chi connectivity index (χ0n) is 10.2. The summed E-state index contributed by atoms with van der Waals surface area (Å²) in [6, 6.07) is 2.04. The molecule has 1 aliphatic rings. The van der Waals surface area contributed by atoms with Crippen molar-refractivity contribution in [2.45, 2.75) is 38.8 Å². The molecule has 1 N–H and O–H groups in total. The lowest BCUT2D eigenvalue weighted by molar-refractivity contribution is -0.0203. The highest BCUT2D eigenvalue weighted by Crippen LogP contribution is 2.23. The minimum atomic E-state index is 0.234. The van der Waals surface area contributed by atoms with Crippen LogP contribution in [0.4, 0.5) is 5.82 Å². The van der Waals surface area contributed by atoms with E-state index in [2.05, 4.69) is 29.1 Å². The molecule has 5 heteroatoms. The number of anilines is 1. The van der Waals surface area contributed by atoms with Crippen molar-refractivity contribution >= 4 is 17.4 Å². The standard InChI is InChI=1S/C12H18ClN3O/c1-8(2)12-9(4-3-5-17-12)16-11-6-10(13)14-7-15-11/h6-9,12H,3-5H2,1-2H3,(H,14,15,16). The number of halogens is 1. The van der Waals surface area contributed by atoms with Crippen LogP contribution < -0.4 is 5.32 Å². The van der Waals surface area contributed by atoms with E-state index in [4.69, 9.17) is 16.3 Å². The molecule has 0 aliphatic carbocycles. The van der Waals surface area contributed by atoms with Crippen molar-refractivity contribution in [2.24, 2.45) is 5.92 Å². The summed E-state index contributed by atoms with van der Waals surface area (Å²) in [5, 5.41) is 3.85. The summed E-state index contributed by atoms with van der Waals surface area (Å²) in [6.07, 6.45) is 3.89. The fourth-order valence-corrected chi connectivity index (χ4v) is 2.36.